The van der Waals surface area contributed by atoms with E-state index in [2.05, 4.69) is 35.8 Å². The summed E-state index contributed by atoms with van der Waals surface area (Å²) < 4.78 is 1.10. The normalized spacial score (nSPS) is 15.4. The molecule has 0 aromatic heterocycles. The average molecular weight is 262 g/mol. The lowest BCUT2D eigenvalue weighted by atomic mass is 9.96. The smallest absolute Gasteiger partial charge is 0.0677 e. The van der Waals surface area contributed by atoms with Crippen LogP contribution in [0.2, 0.25) is 0 Å². The van der Waals surface area contributed by atoms with Crippen molar-refractivity contribution < 1.29 is 0 Å². The fourth-order valence-electron chi connectivity index (χ4n) is 1.49. The Morgan fingerprint density at radius 1 is 1.38 bits per heavy atom. The second-order valence-corrected chi connectivity index (χ2v) is 5.12. The van der Waals surface area contributed by atoms with Crippen molar-refractivity contribution in [2.75, 3.05) is 0 Å². The summed E-state index contributed by atoms with van der Waals surface area (Å²) in [6.07, 6.45) is 2.10. The maximum atomic E-state index is 6.44. The molecule has 0 aliphatic rings. The van der Waals surface area contributed by atoms with E-state index in [4.69, 9.17) is 11.6 Å². The van der Waals surface area contributed by atoms with Crippen LogP contribution in [0.25, 0.3) is 0 Å². The predicted molar refractivity (Wildman–Crippen MR) is 62.3 cm³/mol. The van der Waals surface area contributed by atoms with Gasteiger partial charge in [0.1, 0.15) is 0 Å². The first kappa shape index (κ1) is 11.1. The lowest BCUT2D eigenvalue weighted by Crippen LogP contribution is -2.13. The van der Waals surface area contributed by atoms with Gasteiger partial charge in [-0.15, -0.1) is 11.6 Å². The van der Waals surface area contributed by atoms with E-state index in [1.807, 2.05) is 18.2 Å². The maximum Gasteiger partial charge on any atom is 0.0677 e. The lowest BCUT2D eigenvalue weighted by molar-refractivity contribution is 0.594. The Balaban J connectivity index is 2.99. The Labute approximate surface area is 93.4 Å². The van der Waals surface area contributed by atoms with Crippen LogP contribution < -0.4 is 0 Å². The maximum absolute atomic E-state index is 6.44. The largest absolute Gasteiger partial charge is 0.114 e. The minimum Gasteiger partial charge on any atom is -0.114 e. The third kappa shape index (κ3) is 2.72. The van der Waals surface area contributed by atoms with Crippen LogP contribution in [0.3, 0.4) is 0 Å². The third-order valence-corrected chi connectivity index (χ3v) is 3.24. The van der Waals surface area contributed by atoms with E-state index in [-0.39, 0.29) is 4.87 Å². The van der Waals surface area contributed by atoms with Gasteiger partial charge in [-0.05, 0) is 25.0 Å². The molecule has 0 amide bonds. The van der Waals surface area contributed by atoms with Crippen molar-refractivity contribution >= 4 is 27.5 Å². The highest BCUT2D eigenvalue weighted by atomic mass is 79.9. The predicted octanol–water partition coefficient (Wildman–Crippen LogP) is 4.70. The molecule has 1 rings (SSSR count). The van der Waals surface area contributed by atoms with Crippen LogP contribution in [0.5, 0.6) is 0 Å². The van der Waals surface area contributed by atoms with Crippen molar-refractivity contribution in [2.24, 2.45) is 0 Å². The first-order valence-corrected chi connectivity index (χ1v) is 5.69. The molecule has 0 aliphatic heterocycles. The molecule has 0 fully saturated rings. The SMILES string of the molecule is CCCC(C)(Cl)c1ccccc1Br. The average Bonchev–Trinajstić information content (AvgIpc) is 2.04. The molecule has 0 radical (unpaired) electrons. The standard InChI is InChI=1S/C11H14BrCl/c1-3-8-11(2,13)9-6-4-5-7-10(9)12/h4-7H,3,8H2,1-2H3. The topological polar surface area (TPSA) is 0 Å². The van der Waals surface area contributed by atoms with Gasteiger partial charge in [0.15, 0.2) is 0 Å². The number of halogens is 2. The number of hydrogen-bond donors (Lipinski definition) is 0. The zero-order chi connectivity index (χ0) is 9.90. The zero-order valence-corrected chi connectivity index (χ0v) is 10.3. The summed E-state index contributed by atoms with van der Waals surface area (Å²) in [6, 6.07) is 8.14. The number of hydrogen-bond acceptors (Lipinski definition) is 0. The summed E-state index contributed by atoms with van der Waals surface area (Å²) in [7, 11) is 0. The Morgan fingerprint density at radius 3 is 2.54 bits per heavy atom. The molecule has 1 aromatic carbocycles. The molecule has 0 bridgehead atoms. The molecule has 0 nitrogen and oxygen atoms in total. The van der Waals surface area contributed by atoms with E-state index in [1.54, 1.807) is 0 Å². The van der Waals surface area contributed by atoms with E-state index >= 15 is 0 Å². The first-order chi connectivity index (χ1) is 6.08. The van der Waals surface area contributed by atoms with Gasteiger partial charge in [-0.2, -0.15) is 0 Å². The monoisotopic (exact) mass is 260 g/mol. The molecule has 1 aromatic rings. The van der Waals surface area contributed by atoms with Gasteiger partial charge in [0, 0.05) is 4.47 Å². The Morgan fingerprint density at radius 2 is 2.00 bits per heavy atom. The van der Waals surface area contributed by atoms with Gasteiger partial charge >= 0.3 is 0 Å². The van der Waals surface area contributed by atoms with Crippen LogP contribution in [-0.4, -0.2) is 0 Å². The first-order valence-electron chi connectivity index (χ1n) is 4.52. The summed E-state index contributed by atoms with van der Waals surface area (Å²) in [5, 5.41) is 0. The highest BCUT2D eigenvalue weighted by molar-refractivity contribution is 9.10. The van der Waals surface area contributed by atoms with Crippen LogP contribution in [0.4, 0.5) is 0 Å². The van der Waals surface area contributed by atoms with E-state index in [0.29, 0.717) is 0 Å². The van der Waals surface area contributed by atoms with Gasteiger partial charge in [-0.25, -0.2) is 0 Å². The van der Waals surface area contributed by atoms with E-state index in [0.717, 1.165) is 17.3 Å². The van der Waals surface area contributed by atoms with Gasteiger partial charge in [0.25, 0.3) is 0 Å². The van der Waals surface area contributed by atoms with Crippen LogP contribution in [0.15, 0.2) is 28.7 Å². The number of benzene rings is 1. The molecule has 13 heavy (non-hydrogen) atoms. The third-order valence-electron chi connectivity index (χ3n) is 2.15. The summed E-state index contributed by atoms with van der Waals surface area (Å²) in [5.74, 6) is 0. The van der Waals surface area contributed by atoms with Gasteiger partial charge in [-0.3, -0.25) is 0 Å². The summed E-state index contributed by atoms with van der Waals surface area (Å²) in [4.78, 5) is -0.241. The van der Waals surface area contributed by atoms with E-state index in [9.17, 15) is 0 Å². The molecule has 0 heterocycles. The molecular formula is C11H14BrCl. The zero-order valence-electron chi connectivity index (χ0n) is 7.98. The fourth-order valence-corrected chi connectivity index (χ4v) is 2.68. The van der Waals surface area contributed by atoms with E-state index < -0.39 is 0 Å². The summed E-state index contributed by atoms with van der Waals surface area (Å²) >= 11 is 9.95. The quantitative estimate of drug-likeness (QED) is 0.692. The molecule has 2 heteroatoms. The number of rotatable bonds is 3. The molecule has 0 saturated carbocycles. The minimum absolute atomic E-state index is 0.241. The van der Waals surface area contributed by atoms with Crippen LogP contribution >= 0.6 is 27.5 Å². The van der Waals surface area contributed by atoms with Gasteiger partial charge in [-0.1, -0.05) is 47.5 Å². The van der Waals surface area contributed by atoms with Crippen LogP contribution in [0.1, 0.15) is 32.3 Å². The van der Waals surface area contributed by atoms with Crippen LogP contribution in [-0.2, 0) is 4.87 Å². The van der Waals surface area contributed by atoms with Crippen molar-refractivity contribution in [1.82, 2.24) is 0 Å². The highest BCUT2D eigenvalue weighted by Crippen LogP contribution is 2.37. The highest BCUT2D eigenvalue weighted by Gasteiger charge is 2.23. The molecule has 0 spiro atoms. The van der Waals surface area contributed by atoms with Crippen LogP contribution in [0, 0.1) is 0 Å². The molecule has 1 atom stereocenters. The Hall–Kier alpha value is -0.0100. The lowest BCUT2D eigenvalue weighted by Gasteiger charge is -2.23. The second kappa shape index (κ2) is 4.47. The van der Waals surface area contributed by atoms with Crippen molar-refractivity contribution in [3.8, 4) is 0 Å². The fraction of sp³-hybridized carbons (Fsp3) is 0.455. The van der Waals surface area contributed by atoms with Crippen molar-refractivity contribution in [2.45, 2.75) is 31.6 Å². The Bertz CT molecular complexity index is 281. The van der Waals surface area contributed by atoms with Crippen molar-refractivity contribution in [3.63, 3.8) is 0 Å². The van der Waals surface area contributed by atoms with Gasteiger partial charge in [0.05, 0.1) is 4.87 Å². The number of alkyl halides is 1. The summed E-state index contributed by atoms with van der Waals surface area (Å²) in [6.45, 7) is 4.22. The second-order valence-electron chi connectivity index (χ2n) is 3.43. The van der Waals surface area contributed by atoms with Gasteiger partial charge < -0.3 is 0 Å². The van der Waals surface area contributed by atoms with Crippen molar-refractivity contribution in [3.05, 3.63) is 34.3 Å². The molecule has 0 N–H and O–H groups in total. The molecule has 0 aliphatic carbocycles. The molecule has 1 unspecified atom stereocenters. The Kier molecular flexibility index (Phi) is 3.81. The van der Waals surface area contributed by atoms with E-state index in [1.165, 1.54) is 5.56 Å². The van der Waals surface area contributed by atoms with Crippen molar-refractivity contribution in [1.29, 1.82) is 0 Å². The molecule has 72 valence electrons. The minimum atomic E-state index is -0.241. The summed E-state index contributed by atoms with van der Waals surface area (Å²) in [5.41, 5.74) is 1.18. The molecule has 0 saturated heterocycles. The molecular weight excluding hydrogens is 247 g/mol. The van der Waals surface area contributed by atoms with Gasteiger partial charge in [0.2, 0.25) is 0 Å².